The lowest BCUT2D eigenvalue weighted by atomic mass is 10.1. The van der Waals surface area contributed by atoms with Gasteiger partial charge in [-0.25, -0.2) is 24.0 Å². The minimum absolute atomic E-state index is 0.196. The van der Waals surface area contributed by atoms with E-state index in [9.17, 15) is 34.2 Å². The van der Waals surface area contributed by atoms with E-state index in [-0.39, 0.29) is 36.7 Å². The molecule has 0 radical (unpaired) electrons. The van der Waals surface area contributed by atoms with Gasteiger partial charge < -0.3 is 85.3 Å². The molecule has 0 aliphatic carbocycles. The molecule has 0 amide bonds. The highest BCUT2D eigenvalue weighted by atomic mass is 16.5. The van der Waals surface area contributed by atoms with Gasteiger partial charge in [0.1, 0.15) is 54.2 Å². The third kappa shape index (κ3) is 14.8. The molecule has 3 unspecified atom stereocenters. The zero-order chi connectivity index (χ0) is 66.2. The van der Waals surface area contributed by atoms with Crippen molar-refractivity contribution in [1.82, 2.24) is 52.7 Å². The lowest BCUT2D eigenvalue weighted by Crippen LogP contribution is -2.28. The predicted molar refractivity (Wildman–Crippen MR) is 344 cm³/mol. The lowest BCUT2D eigenvalue weighted by molar-refractivity contribution is -0.0458. The molecule has 94 heavy (non-hydrogen) atoms. The molecule has 5 aliphatic rings. The molecular formula is C62H67N17O15. The fourth-order valence-corrected chi connectivity index (χ4v) is 9.69. The number of nitrogens with zero attached hydrogens (tertiary/aromatic N) is 11. The first-order valence-electron chi connectivity index (χ1n) is 29.4. The molecule has 5 aliphatic heterocycles. The molecule has 1 saturated heterocycles. The summed E-state index contributed by atoms with van der Waals surface area (Å²) in [6.07, 6.45) is 5.88. The molecule has 9 N–H and O–H groups in total. The van der Waals surface area contributed by atoms with Crippen LogP contribution in [0.3, 0.4) is 0 Å². The molecule has 490 valence electrons. The van der Waals surface area contributed by atoms with Crippen LogP contribution in [0.15, 0.2) is 140 Å². The van der Waals surface area contributed by atoms with Crippen molar-refractivity contribution < 1.29 is 48.1 Å². The van der Waals surface area contributed by atoms with E-state index in [1.54, 1.807) is 77.2 Å². The first-order valence-corrected chi connectivity index (χ1v) is 29.4. The highest BCUT2D eigenvalue weighted by Gasteiger charge is 2.35. The first-order chi connectivity index (χ1) is 45.4. The van der Waals surface area contributed by atoms with Crippen molar-refractivity contribution in [2.75, 3.05) is 86.7 Å². The van der Waals surface area contributed by atoms with Crippen molar-refractivity contribution in [1.29, 1.82) is 0 Å². The van der Waals surface area contributed by atoms with E-state index in [0.717, 1.165) is 29.2 Å². The maximum Gasteiger partial charge on any atom is 0.351 e. The van der Waals surface area contributed by atoms with Gasteiger partial charge in [-0.3, -0.25) is 22.8 Å². The Morgan fingerprint density at radius 1 is 0.574 bits per heavy atom. The Balaban J connectivity index is 0.000000133. The van der Waals surface area contributed by atoms with E-state index >= 15 is 0 Å². The molecule has 14 rings (SSSR count). The van der Waals surface area contributed by atoms with Crippen molar-refractivity contribution in [3.05, 3.63) is 174 Å². The van der Waals surface area contributed by atoms with Crippen LogP contribution in [-0.4, -0.2) is 135 Å². The highest BCUT2D eigenvalue weighted by Crippen LogP contribution is 2.47. The van der Waals surface area contributed by atoms with Gasteiger partial charge in [0.25, 0.3) is 0 Å². The molecule has 0 spiro atoms. The summed E-state index contributed by atoms with van der Waals surface area (Å²) in [5.74, 6) is 7.75. The third-order valence-electron chi connectivity index (χ3n) is 14.6. The SMILES string of the molecule is CN(C)CCOc1cccc2c1Nc1nc(=O)n(C)cc1O2.Cn1cc2c(nc1=O)Nc1c(COCCN)cccc1O2.Cn1cc2c(nc1=O)Nc1c(OCCNc3ccn(C4CC(O)C(CO)O4)c(=O)n3)cccc1O2.Cn1cc2c(nc1=O)Nc1ccccc1O2. The van der Waals surface area contributed by atoms with Gasteiger partial charge in [0.15, 0.2) is 69.3 Å². The molecule has 0 saturated carbocycles. The van der Waals surface area contributed by atoms with Crippen molar-refractivity contribution in [3.63, 3.8) is 0 Å². The number of hydrogen-bond acceptors (Lipinski definition) is 27. The second kappa shape index (κ2) is 28.6. The van der Waals surface area contributed by atoms with Crippen LogP contribution >= 0.6 is 0 Å². The highest BCUT2D eigenvalue weighted by molar-refractivity contribution is 5.79. The van der Waals surface area contributed by atoms with E-state index in [1.165, 1.54) is 29.0 Å². The Morgan fingerprint density at radius 3 is 1.56 bits per heavy atom. The number of rotatable bonds is 15. The van der Waals surface area contributed by atoms with Crippen LogP contribution in [0, 0.1) is 0 Å². The smallest absolute Gasteiger partial charge is 0.351 e. The van der Waals surface area contributed by atoms with Gasteiger partial charge >= 0.3 is 28.4 Å². The number of aliphatic hydroxyl groups is 2. The molecule has 1 fully saturated rings. The van der Waals surface area contributed by atoms with Gasteiger partial charge in [0.2, 0.25) is 0 Å². The zero-order valence-corrected chi connectivity index (χ0v) is 51.8. The Kier molecular flexibility index (Phi) is 19.6. The molecule has 5 aromatic heterocycles. The van der Waals surface area contributed by atoms with Crippen LogP contribution in [0.1, 0.15) is 18.2 Å². The number of hydrogen-bond donors (Lipinski definition) is 8. The molecule has 4 aromatic carbocycles. The van der Waals surface area contributed by atoms with Crippen LogP contribution in [-0.2, 0) is 44.3 Å². The number of anilines is 9. The number of fused-ring (bicyclic) bond motifs is 8. The Morgan fingerprint density at radius 2 is 1.05 bits per heavy atom. The number of aliphatic hydroxyl groups excluding tert-OH is 2. The summed E-state index contributed by atoms with van der Waals surface area (Å²) in [7, 11) is 10.5. The van der Waals surface area contributed by atoms with Crippen LogP contribution in [0.25, 0.3) is 0 Å². The topological polar surface area (TPSA) is 378 Å². The minimum atomic E-state index is -0.843. The van der Waals surface area contributed by atoms with E-state index in [1.807, 2.05) is 79.7 Å². The van der Waals surface area contributed by atoms with Gasteiger partial charge in [-0.2, -0.15) is 24.9 Å². The van der Waals surface area contributed by atoms with Crippen LogP contribution in [0.5, 0.6) is 57.5 Å². The van der Waals surface area contributed by atoms with Gasteiger partial charge in [0, 0.05) is 59.5 Å². The second-order valence-electron chi connectivity index (χ2n) is 21.7. The van der Waals surface area contributed by atoms with Crippen LogP contribution in [0.2, 0.25) is 0 Å². The molecule has 0 bridgehead atoms. The third-order valence-corrected chi connectivity index (χ3v) is 14.6. The van der Waals surface area contributed by atoms with E-state index < -0.39 is 29.8 Å². The summed E-state index contributed by atoms with van der Waals surface area (Å²) in [5.41, 5.74) is 7.22. The normalized spacial score (nSPS) is 15.2. The molecule has 10 heterocycles. The number of benzene rings is 4. The predicted octanol–water partition coefficient (Wildman–Crippen LogP) is 4.62. The monoisotopic (exact) mass is 1290 g/mol. The standard InChI is InChI=1S/C22H24N6O7.C15H18N4O3.C14H16N4O3.C11H9N3O2/c1-27-10-15-20(26-21(27)31)25-19-13(3-2-4-14(19)34-15)33-8-6-23-17-5-7-28(22(32)24-17)18-9-12(30)16(11-29)35-18;1-18(2)7-8-21-10-5-4-6-11-13(10)16-14-12(22-11)9-19(3)15(20)17-14;1-18-7-11-13(17-14(18)19)16-12-9(8-20-6-5-15)3-2-4-10(12)21-11;1-14-6-9-10(13-11(14)15)12-7-4-2-3-5-8(7)16-9/h2-5,7,10,12,16,18,29-30H,6,8-9,11H2,1H3,(H,23,24,32)(H,25,26,31);4-6,9H,7-8H2,1-3H3,(H,16,17,20);2-4,7H,5-6,8,15H2,1H3,(H,16,17,19);2-6H,1H3,(H,12,13,15). The second-order valence-corrected chi connectivity index (χ2v) is 21.7. The lowest BCUT2D eigenvalue weighted by Gasteiger charge is -2.23. The van der Waals surface area contributed by atoms with Gasteiger partial charge in [-0.1, -0.05) is 36.4 Å². The molecule has 32 nitrogen and oxygen atoms in total. The van der Waals surface area contributed by atoms with Crippen LogP contribution < -0.4 is 89.2 Å². The van der Waals surface area contributed by atoms with Gasteiger partial charge in [0.05, 0.1) is 68.6 Å². The molecular weight excluding hydrogens is 1220 g/mol. The van der Waals surface area contributed by atoms with Crippen molar-refractivity contribution in [3.8, 4) is 57.5 Å². The van der Waals surface area contributed by atoms with E-state index in [0.29, 0.717) is 125 Å². The number of nitrogens with one attached hydrogen (secondary N) is 5. The van der Waals surface area contributed by atoms with Crippen molar-refractivity contribution in [2.45, 2.75) is 31.5 Å². The summed E-state index contributed by atoms with van der Waals surface area (Å²) in [4.78, 5) is 80.7. The van der Waals surface area contributed by atoms with Crippen molar-refractivity contribution >= 4 is 51.8 Å². The number of para-hydroxylation sites is 5. The number of aryl methyl sites for hydroxylation is 4. The number of aromatic nitrogens is 10. The van der Waals surface area contributed by atoms with Crippen molar-refractivity contribution in [2.24, 2.45) is 33.9 Å². The molecule has 9 aromatic rings. The zero-order valence-electron chi connectivity index (χ0n) is 51.8. The summed E-state index contributed by atoms with van der Waals surface area (Å²) in [5, 5.41) is 34.5. The Labute approximate surface area is 534 Å². The number of nitrogens with two attached hydrogens (primary N) is 1. The van der Waals surface area contributed by atoms with E-state index in [2.05, 4.69) is 51.5 Å². The van der Waals surface area contributed by atoms with Gasteiger partial charge in [-0.05, 0) is 62.6 Å². The summed E-state index contributed by atoms with van der Waals surface area (Å²) in [6.45, 7) is 3.00. The van der Waals surface area contributed by atoms with E-state index in [4.69, 9.17) is 43.6 Å². The molecule has 32 heteroatoms. The summed E-state index contributed by atoms with van der Waals surface area (Å²) >= 11 is 0. The maximum absolute atomic E-state index is 12.4. The van der Waals surface area contributed by atoms with Gasteiger partial charge in [-0.15, -0.1) is 0 Å². The average molecular weight is 1290 g/mol. The number of ether oxygens (including phenoxy) is 8. The average Bonchev–Trinajstić information content (AvgIpc) is 1.06. The fraction of sp³-hybridized carbons (Fsp3) is 0.290. The fourth-order valence-electron chi connectivity index (χ4n) is 9.69. The summed E-state index contributed by atoms with van der Waals surface area (Å²) < 4.78 is 52.4. The first kappa shape index (κ1) is 64.4. The summed E-state index contributed by atoms with van der Waals surface area (Å²) in [6, 6.07) is 25.7. The maximum atomic E-state index is 12.4. The minimum Gasteiger partial charge on any atom is -0.490 e. The Bertz CT molecular complexity index is 4570. The largest absolute Gasteiger partial charge is 0.490 e. The van der Waals surface area contributed by atoms with Crippen LogP contribution in [0.4, 0.5) is 51.8 Å². The molecule has 3 atom stereocenters. The number of likely N-dealkylation sites (N-methyl/N-ethyl adjacent to an activating group) is 1. The Hall–Kier alpha value is -11.2. The quantitative estimate of drug-likeness (QED) is 0.0649.